The van der Waals surface area contributed by atoms with E-state index in [2.05, 4.69) is 32.3 Å². The summed E-state index contributed by atoms with van der Waals surface area (Å²) in [6.07, 6.45) is 4.99. The molecule has 2 aliphatic heterocycles. The summed E-state index contributed by atoms with van der Waals surface area (Å²) in [6, 6.07) is 10.6. The Labute approximate surface area is 184 Å². The van der Waals surface area contributed by atoms with Crippen molar-refractivity contribution < 1.29 is 18.7 Å². The van der Waals surface area contributed by atoms with Crippen molar-refractivity contribution in [2.75, 3.05) is 7.11 Å². The molecule has 2 fully saturated rings. The molecule has 2 bridgehead atoms. The maximum Gasteiger partial charge on any atom is 0.414 e. The maximum atomic E-state index is 12.6. The average Bonchev–Trinajstić information content (AvgIpc) is 3.29. The lowest BCUT2D eigenvalue weighted by Gasteiger charge is -2.39. The fourth-order valence-electron chi connectivity index (χ4n) is 4.69. The van der Waals surface area contributed by atoms with E-state index in [9.17, 15) is 4.79 Å². The van der Waals surface area contributed by atoms with E-state index in [0.717, 1.165) is 37.3 Å². The molecule has 1 N–H and O–H groups in total. The third-order valence-electron chi connectivity index (χ3n) is 6.10. The van der Waals surface area contributed by atoms with E-state index in [1.54, 1.807) is 6.07 Å². The molecule has 8 nitrogen and oxygen atoms in total. The molecule has 0 saturated carbocycles. The molecule has 0 aliphatic carbocycles. The molecule has 2 unspecified atom stereocenters. The molecule has 5 rings (SSSR count). The Hall–Kier alpha value is -2.84. The minimum atomic E-state index is -0.550. The average molecular weight is 443 g/mol. The number of methoxy groups -OCH3 is 1. The number of hydrogen-bond donors (Lipinski definition) is 1. The minimum absolute atomic E-state index is 0.0250. The van der Waals surface area contributed by atoms with Crippen LogP contribution >= 0.6 is 11.6 Å². The molecule has 9 heteroatoms. The zero-order valence-corrected chi connectivity index (χ0v) is 17.8. The molecule has 2 aromatic heterocycles. The molecule has 2 saturated heterocycles. The van der Waals surface area contributed by atoms with Crippen molar-refractivity contribution in [3.8, 4) is 11.8 Å². The summed E-state index contributed by atoms with van der Waals surface area (Å²) in [5.74, 6) is 0.132. The first-order valence-electron chi connectivity index (χ1n) is 10.4. The molecule has 2 atom stereocenters. The van der Waals surface area contributed by atoms with Crippen molar-refractivity contribution in [2.45, 2.75) is 50.4 Å². The van der Waals surface area contributed by atoms with Gasteiger partial charge < -0.3 is 19.2 Å². The first-order valence-corrected chi connectivity index (χ1v) is 10.7. The second kappa shape index (κ2) is 8.36. The molecule has 31 heavy (non-hydrogen) atoms. The molecule has 0 radical (unpaired) electrons. The number of fused-ring (bicyclic) bond motifs is 3. The van der Waals surface area contributed by atoms with Crippen LogP contribution < -0.4 is 14.8 Å². The van der Waals surface area contributed by atoms with Gasteiger partial charge in [0, 0.05) is 35.8 Å². The predicted molar refractivity (Wildman–Crippen MR) is 114 cm³/mol. The van der Waals surface area contributed by atoms with Gasteiger partial charge in [-0.1, -0.05) is 23.7 Å². The summed E-state index contributed by atoms with van der Waals surface area (Å²) in [6.45, 7) is 0.904. The molecule has 0 spiro atoms. The Morgan fingerprint density at radius 1 is 1.16 bits per heavy atom. The normalized spacial score (nSPS) is 23.1. The first-order chi connectivity index (χ1) is 15.1. The fraction of sp³-hybridized carbons (Fsp3) is 0.409. The van der Waals surface area contributed by atoms with Crippen molar-refractivity contribution in [2.24, 2.45) is 0 Å². The van der Waals surface area contributed by atoms with Crippen LogP contribution in [-0.2, 0) is 6.54 Å². The summed E-state index contributed by atoms with van der Waals surface area (Å²) in [7, 11) is 1.44. The summed E-state index contributed by atoms with van der Waals surface area (Å²) in [4.78, 5) is 23.5. The number of amides is 1. The van der Waals surface area contributed by atoms with Crippen LogP contribution in [0, 0.1) is 0 Å². The molecule has 4 heterocycles. The van der Waals surface area contributed by atoms with Gasteiger partial charge in [0.2, 0.25) is 5.71 Å². The van der Waals surface area contributed by atoms with Crippen molar-refractivity contribution in [3.05, 3.63) is 47.2 Å². The highest BCUT2D eigenvalue weighted by Crippen LogP contribution is 2.37. The van der Waals surface area contributed by atoms with Crippen LogP contribution in [0.3, 0.4) is 0 Å². The van der Waals surface area contributed by atoms with Gasteiger partial charge >= 0.3 is 6.09 Å². The number of piperidine rings is 1. The minimum Gasteiger partial charge on any atom is -0.477 e. The lowest BCUT2D eigenvalue weighted by molar-refractivity contribution is 0.107. The van der Waals surface area contributed by atoms with E-state index >= 15 is 0 Å². The Balaban J connectivity index is 1.21. The number of carbonyl (C=O) groups excluding carboxylic acids is 1. The molecular weight excluding hydrogens is 420 g/mol. The summed E-state index contributed by atoms with van der Waals surface area (Å²) >= 11 is 6.00. The maximum absolute atomic E-state index is 12.6. The van der Waals surface area contributed by atoms with Crippen LogP contribution in [0.15, 0.2) is 41.0 Å². The number of benzene rings is 1. The van der Waals surface area contributed by atoms with Crippen molar-refractivity contribution in [1.82, 2.24) is 20.2 Å². The largest absolute Gasteiger partial charge is 0.477 e. The summed E-state index contributed by atoms with van der Waals surface area (Å²) in [5, 5.41) is 3.75. The van der Waals surface area contributed by atoms with E-state index < -0.39 is 6.09 Å². The SMILES string of the molecule is COc1nc2occc2nc1OC(=O)NC1CC2CCC(C1)N2Cc1ccc(Cl)cc1. The highest BCUT2D eigenvalue weighted by molar-refractivity contribution is 6.30. The standard InChI is InChI=1S/C22H23ClN4O4/c1-29-20-21(25-18-8-9-30-19(18)26-20)31-22(28)24-15-10-16-6-7-17(11-15)27(16)12-13-2-4-14(23)5-3-13/h2-5,8-9,15-17H,6-7,10-12H2,1H3,(H,24,28). The zero-order valence-electron chi connectivity index (χ0n) is 17.1. The van der Waals surface area contributed by atoms with E-state index in [1.807, 2.05) is 12.1 Å². The number of aromatic nitrogens is 2. The van der Waals surface area contributed by atoms with E-state index in [-0.39, 0.29) is 17.8 Å². The lowest BCUT2D eigenvalue weighted by Crippen LogP contribution is -2.50. The highest BCUT2D eigenvalue weighted by Gasteiger charge is 2.41. The number of rotatable bonds is 5. The number of nitrogens with one attached hydrogen (secondary N) is 1. The molecule has 1 amide bonds. The number of halogens is 1. The molecule has 162 valence electrons. The van der Waals surface area contributed by atoms with Crippen LogP contribution in [0.25, 0.3) is 11.2 Å². The number of furan rings is 1. The summed E-state index contributed by atoms with van der Waals surface area (Å²) in [5.41, 5.74) is 2.08. The van der Waals surface area contributed by atoms with Gasteiger partial charge in [-0.05, 0) is 43.4 Å². The van der Waals surface area contributed by atoms with Crippen LogP contribution in [0.4, 0.5) is 4.79 Å². The van der Waals surface area contributed by atoms with Crippen LogP contribution in [0.5, 0.6) is 11.8 Å². The second-order valence-electron chi connectivity index (χ2n) is 8.04. The second-order valence-corrected chi connectivity index (χ2v) is 8.47. The zero-order chi connectivity index (χ0) is 21.4. The van der Waals surface area contributed by atoms with Gasteiger partial charge in [-0.3, -0.25) is 4.90 Å². The fourth-order valence-corrected chi connectivity index (χ4v) is 4.82. The molecular formula is C22H23ClN4O4. The summed E-state index contributed by atoms with van der Waals surface area (Å²) < 4.78 is 15.8. The van der Waals surface area contributed by atoms with E-state index in [0.29, 0.717) is 23.3 Å². The quantitative estimate of drug-likeness (QED) is 0.634. The number of hydrogen-bond acceptors (Lipinski definition) is 7. The number of ether oxygens (including phenoxy) is 2. The van der Waals surface area contributed by atoms with Crippen molar-refractivity contribution in [3.63, 3.8) is 0 Å². The lowest BCUT2D eigenvalue weighted by atomic mass is 9.96. The Kier molecular flexibility index (Phi) is 5.41. The van der Waals surface area contributed by atoms with E-state index in [1.165, 1.54) is 18.9 Å². The highest BCUT2D eigenvalue weighted by atomic mass is 35.5. The smallest absolute Gasteiger partial charge is 0.414 e. The Bertz CT molecular complexity index is 1070. The van der Waals surface area contributed by atoms with Gasteiger partial charge in [0.05, 0.1) is 13.4 Å². The van der Waals surface area contributed by atoms with E-state index in [4.69, 9.17) is 25.5 Å². The van der Waals surface area contributed by atoms with Crippen LogP contribution in [-0.4, -0.2) is 46.2 Å². The number of nitrogens with zero attached hydrogens (tertiary/aromatic N) is 3. The van der Waals surface area contributed by atoms with Crippen molar-refractivity contribution in [1.29, 1.82) is 0 Å². The van der Waals surface area contributed by atoms with Gasteiger partial charge in [-0.15, -0.1) is 0 Å². The Morgan fingerprint density at radius 3 is 2.61 bits per heavy atom. The van der Waals surface area contributed by atoms with Gasteiger partial charge in [0.15, 0.2) is 0 Å². The van der Waals surface area contributed by atoms with Crippen LogP contribution in [0.1, 0.15) is 31.2 Å². The first kappa shape index (κ1) is 20.1. The van der Waals surface area contributed by atoms with Crippen LogP contribution in [0.2, 0.25) is 5.02 Å². The van der Waals surface area contributed by atoms with Gasteiger partial charge in [0.25, 0.3) is 11.8 Å². The Morgan fingerprint density at radius 2 is 1.90 bits per heavy atom. The molecule has 2 aliphatic rings. The topological polar surface area (TPSA) is 89.7 Å². The van der Waals surface area contributed by atoms with Gasteiger partial charge in [-0.2, -0.15) is 4.98 Å². The third-order valence-corrected chi connectivity index (χ3v) is 6.35. The monoisotopic (exact) mass is 442 g/mol. The molecule has 1 aromatic carbocycles. The molecule has 3 aromatic rings. The predicted octanol–water partition coefficient (Wildman–Crippen LogP) is 4.17. The third kappa shape index (κ3) is 4.18. The van der Waals surface area contributed by atoms with Gasteiger partial charge in [-0.25, -0.2) is 9.78 Å². The van der Waals surface area contributed by atoms with Crippen molar-refractivity contribution >= 4 is 28.9 Å². The number of carbonyl (C=O) groups is 1. The van der Waals surface area contributed by atoms with Gasteiger partial charge in [0.1, 0.15) is 5.52 Å².